The summed E-state index contributed by atoms with van der Waals surface area (Å²) in [6.45, 7) is 6.41. The first-order valence-electron chi connectivity index (χ1n) is 9.89. The van der Waals surface area contributed by atoms with Gasteiger partial charge in [-0.15, -0.1) is 0 Å². The molecule has 0 spiro atoms. The lowest BCUT2D eigenvalue weighted by atomic mass is 10.1. The van der Waals surface area contributed by atoms with Gasteiger partial charge in [-0.05, 0) is 79.7 Å². The highest BCUT2D eigenvalue weighted by Crippen LogP contribution is 2.31. The Bertz CT molecular complexity index is 1220. The molecule has 158 valence electrons. The zero-order valence-corrected chi connectivity index (χ0v) is 18.4. The molecule has 0 saturated carbocycles. The van der Waals surface area contributed by atoms with E-state index in [2.05, 4.69) is 29.0 Å². The maximum atomic E-state index is 11.2. The minimum atomic E-state index is -0.0987. The Morgan fingerprint density at radius 3 is 2.65 bits per heavy atom. The van der Waals surface area contributed by atoms with Crippen molar-refractivity contribution in [2.45, 2.75) is 30.8 Å². The van der Waals surface area contributed by atoms with Crippen molar-refractivity contribution in [2.75, 3.05) is 22.9 Å². The van der Waals surface area contributed by atoms with Gasteiger partial charge in [-0.2, -0.15) is 0 Å². The second-order valence-corrected chi connectivity index (χ2v) is 8.48. The van der Waals surface area contributed by atoms with Gasteiger partial charge in [-0.3, -0.25) is 4.79 Å². The van der Waals surface area contributed by atoms with Crippen LogP contribution in [-0.4, -0.2) is 22.4 Å². The number of carbonyl (C=O) groups is 1. The van der Waals surface area contributed by atoms with Crippen LogP contribution in [0.2, 0.25) is 0 Å². The number of carbonyl (C=O) groups excluding carboxylic acids is 1. The van der Waals surface area contributed by atoms with Crippen molar-refractivity contribution in [3.8, 4) is 0 Å². The molecule has 1 aliphatic heterocycles. The van der Waals surface area contributed by atoms with Crippen LogP contribution in [0.5, 0.6) is 0 Å². The van der Waals surface area contributed by atoms with Crippen LogP contribution in [0, 0.1) is 0 Å². The molecule has 8 heteroatoms. The van der Waals surface area contributed by atoms with Crippen molar-refractivity contribution in [2.24, 2.45) is 0 Å². The molecule has 0 unspecified atom stereocenters. The minimum absolute atomic E-state index is 0.0987. The third-order valence-electron chi connectivity index (χ3n) is 4.79. The maximum absolute atomic E-state index is 11.2. The Hall–Kier alpha value is -3.52. The van der Waals surface area contributed by atoms with Crippen LogP contribution in [0.1, 0.15) is 20.8 Å². The van der Waals surface area contributed by atoms with Gasteiger partial charge in [0.25, 0.3) is 0 Å². The van der Waals surface area contributed by atoms with Crippen molar-refractivity contribution in [3.05, 3.63) is 65.5 Å². The molecule has 1 amide bonds. The molecule has 4 rings (SSSR count). The number of allylic oxidation sites excluding steroid dienone is 2. The fourth-order valence-corrected chi connectivity index (χ4v) is 3.97. The second kappa shape index (κ2) is 8.69. The number of nitrogens with one attached hydrogen (secondary N) is 3. The molecule has 0 radical (unpaired) electrons. The number of fused-ring (bicyclic) bond motifs is 1. The van der Waals surface area contributed by atoms with Gasteiger partial charge in [0.2, 0.25) is 5.91 Å². The summed E-state index contributed by atoms with van der Waals surface area (Å²) < 4.78 is 0. The molecule has 7 nitrogen and oxygen atoms in total. The molecule has 0 aliphatic carbocycles. The van der Waals surface area contributed by atoms with E-state index in [1.807, 2.05) is 49.4 Å². The number of hydrogen-bond donors (Lipinski definition) is 4. The summed E-state index contributed by atoms with van der Waals surface area (Å²) in [5.41, 5.74) is 11.5. The van der Waals surface area contributed by atoms with Crippen LogP contribution in [0.15, 0.2) is 75.6 Å². The van der Waals surface area contributed by atoms with Crippen molar-refractivity contribution in [1.82, 2.24) is 15.3 Å². The first-order chi connectivity index (χ1) is 14.9. The molecule has 2 aromatic carbocycles. The number of nitrogen functional groups attached to an aromatic ring is 1. The number of hydrogen-bond acceptors (Lipinski definition) is 7. The lowest BCUT2D eigenvalue weighted by Crippen LogP contribution is -2.21. The summed E-state index contributed by atoms with van der Waals surface area (Å²) in [5, 5.41) is 11.1. The first kappa shape index (κ1) is 20.7. The first-order valence-corrected chi connectivity index (χ1v) is 10.7. The zero-order valence-electron chi connectivity index (χ0n) is 17.6. The Labute approximate surface area is 185 Å². The minimum Gasteiger partial charge on any atom is -0.399 e. The van der Waals surface area contributed by atoms with Crippen LogP contribution in [0.4, 0.5) is 17.2 Å². The van der Waals surface area contributed by atoms with Gasteiger partial charge in [-0.1, -0.05) is 0 Å². The zero-order chi connectivity index (χ0) is 22.0. The average molecular weight is 433 g/mol. The third-order valence-corrected chi connectivity index (χ3v) is 5.66. The van der Waals surface area contributed by atoms with Crippen molar-refractivity contribution >= 4 is 45.8 Å². The number of benzene rings is 2. The summed E-state index contributed by atoms with van der Waals surface area (Å²) >= 11 is 1.45. The highest BCUT2D eigenvalue weighted by Gasteiger charge is 2.13. The quantitative estimate of drug-likeness (QED) is 0.347. The summed E-state index contributed by atoms with van der Waals surface area (Å²) in [4.78, 5) is 21.7. The summed E-state index contributed by atoms with van der Waals surface area (Å²) in [6.07, 6.45) is 2.08. The van der Waals surface area contributed by atoms with Gasteiger partial charge in [0.15, 0.2) is 5.16 Å². The molecule has 0 atom stereocenters. The molecule has 5 N–H and O–H groups in total. The fourth-order valence-electron chi connectivity index (χ4n) is 3.21. The molecule has 0 fully saturated rings. The van der Waals surface area contributed by atoms with E-state index in [9.17, 15) is 4.79 Å². The van der Waals surface area contributed by atoms with Crippen LogP contribution < -0.4 is 21.7 Å². The Balaban J connectivity index is 1.69. The number of aromatic nitrogens is 2. The molecule has 0 saturated heterocycles. The molecule has 31 heavy (non-hydrogen) atoms. The topological polar surface area (TPSA) is 105 Å². The van der Waals surface area contributed by atoms with Gasteiger partial charge in [-0.25, -0.2) is 9.97 Å². The fraction of sp³-hybridized carbons (Fsp3) is 0.174. The van der Waals surface area contributed by atoms with Crippen LogP contribution in [-0.2, 0) is 4.79 Å². The molecule has 1 aromatic heterocycles. The van der Waals surface area contributed by atoms with Gasteiger partial charge in [0, 0.05) is 46.5 Å². The van der Waals surface area contributed by atoms with E-state index in [4.69, 9.17) is 15.7 Å². The number of amides is 1. The van der Waals surface area contributed by atoms with E-state index >= 15 is 0 Å². The number of dihydropyridines is 1. The predicted molar refractivity (Wildman–Crippen MR) is 127 cm³/mol. The van der Waals surface area contributed by atoms with E-state index in [0.29, 0.717) is 10.8 Å². The number of rotatable bonds is 5. The monoisotopic (exact) mass is 432 g/mol. The van der Waals surface area contributed by atoms with Crippen LogP contribution >= 0.6 is 11.8 Å². The summed E-state index contributed by atoms with van der Waals surface area (Å²) in [5.74, 6) is 0.640. The Kier molecular flexibility index (Phi) is 5.81. The van der Waals surface area contributed by atoms with Crippen molar-refractivity contribution in [1.29, 1.82) is 0 Å². The van der Waals surface area contributed by atoms with Gasteiger partial charge in [0.05, 0.1) is 5.52 Å². The molecule has 0 bridgehead atoms. The van der Waals surface area contributed by atoms with E-state index in [1.54, 1.807) is 0 Å². The highest BCUT2D eigenvalue weighted by atomic mass is 32.2. The van der Waals surface area contributed by atoms with E-state index in [-0.39, 0.29) is 5.91 Å². The second-order valence-electron chi connectivity index (χ2n) is 7.44. The number of anilines is 3. The third kappa shape index (κ3) is 4.97. The molecule has 3 aromatic rings. The molecular weight excluding hydrogens is 408 g/mol. The normalized spacial score (nSPS) is 13.6. The molecular formula is C23H24N6OS. The summed E-state index contributed by atoms with van der Waals surface area (Å²) in [7, 11) is 0. The smallest absolute Gasteiger partial charge is 0.221 e. The van der Waals surface area contributed by atoms with E-state index < -0.39 is 0 Å². The maximum Gasteiger partial charge on any atom is 0.221 e. The van der Waals surface area contributed by atoms with Crippen LogP contribution in [0.25, 0.3) is 10.9 Å². The van der Waals surface area contributed by atoms with Gasteiger partial charge >= 0.3 is 0 Å². The SMILES string of the molecule is CC(=O)Nc1ccc(Sc2nc(NC3=C(C)CNC(C)=C3)c3ccc(N)cc3n2)cc1. The number of nitrogens with zero attached hydrogens (tertiary/aromatic N) is 2. The lowest BCUT2D eigenvalue weighted by molar-refractivity contribution is -0.114. The highest BCUT2D eigenvalue weighted by molar-refractivity contribution is 7.99. The molecule has 1 aliphatic rings. The largest absolute Gasteiger partial charge is 0.399 e. The van der Waals surface area contributed by atoms with E-state index in [0.717, 1.165) is 45.2 Å². The molecule has 2 heterocycles. The van der Waals surface area contributed by atoms with E-state index in [1.165, 1.54) is 24.3 Å². The standard InChI is InChI=1S/C23H24N6OS/c1-13-12-25-14(2)10-20(13)27-22-19-9-4-16(24)11-21(19)28-23(29-22)31-18-7-5-17(6-8-18)26-15(3)30/h4-11,25H,12,24H2,1-3H3,(H,26,30)(H,27,28,29). The lowest BCUT2D eigenvalue weighted by Gasteiger charge is -2.20. The Morgan fingerprint density at radius 1 is 1.13 bits per heavy atom. The summed E-state index contributed by atoms with van der Waals surface area (Å²) in [6, 6.07) is 13.2. The predicted octanol–water partition coefficient (Wildman–Crippen LogP) is 4.51. The average Bonchev–Trinajstić information content (AvgIpc) is 2.71. The van der Waals surface area contributed by atoms with Crippen molar-refractivity contribution in [3.63, 3.8) is 0 Å². The Morgan fingerprint density at radius 2 is 1.90 bits per heavy atom. The van der Waals surface area contributed by atoms with Gasteiger partial charge in [0.1, 0.15) is 5.82 Å². The van der Waals surface area contributed by atoms with Crippen LogP contribution in [0.3, 0.4) is 0 Å². The van der Waals surface area contributed by atoms with Gasteiger partial charge < -0.3 is 21.7 Å². The van der Waals surface area contributed by atoms with Crippen molar-refractivity contribution < 1.29 is 4.79 Å². The number of nitrogens with two attached hydrogens (primary N) is 1.